The van der Waals surface area contributed by atoms with Gasteiger partial charge in [-0.25, -0.2) is 9.78 Å². The summed E-state index contributed by atoms with van der Waals surface area (Å²) in [6.45, 7) is 3.64. The number of ether oxygens (including phenoxy) is 1. The van der Waals surface area contributed by atoms with Crippen LogP contribution in [0.4, 0.5) is 4.79 Å². The fourth-order valence-corrected chi connectivity index (χ4v) is 1.65. The Labute approximate surface area is 97.3 Å². The fraction of sp³-hybridized carbons (Fsp3) is 0.444. The average Bonchev–Trinajstić information content (AvgIpc) is 2.40. The first-order valence-corrected chi connectivity index (χ1v) is 4.97. The van der Waals surface area contributed by atoms with E-state index in [0.29, 0.717) is 12.1 Å². The molecule has 0 bridgehead atoms. The smallest absolute Gasteiger partial charge is 0.404 e. The minimum absolute atomic E-state index is 0.138. The van der Waals surface area contributed by atoms with Gasteiger partial charge in [0.1, 0.15) is 17.6 Å². The van der Waals surface area contributed by atoms with E-state index in [0.717, 1.165) is 0 Å². The molecule has 0 aliphatic carbocycles. The van der Waals surface area contributed by atoms with Gasteiger partial charge in [0.15, 0.2) is 11.4 Å². The van der Waals surface area contributed by atoms with Crippen LogP contribution in [0.2, 0.25) is 5.15 Å². The molecule has 88 valence electrons. The van der Waals surface area contributed by atoms with E-state index in [1.807, 2.05) is 0 Å². The van der Waals surface area contributed by atoms with Crippen molar-refractivity contribution in [3.63, 3.8) is 0 Å². The Morgan fingerprint density at radius 3 is 2.88 bits per heavy atom. The van der Waals surface area contributed by atoms with Crippen LogP contribution in [0.3, 0.4) is 0 Å². The highest BCUT2D eigenvalue weighted by Gasteiger charge is 2.15. The van der Waals surface area contributed by atoms with Crippen molar-refractivity contribution in [3.8, 4) is 0 Å². The summed E-state index contributed by atoms with van der Waals surface area (Å²) in [6, 6.07) is 0. The van der Waals surface area contributed by atoms with Gasteiger partial charge in [-0.3, -0.25) is 4.79 Å². The number of nitrogens with two attached hydrogens (primary N) is 1. The molecule has 0 aliphatic rings. The molecule has 1 heterocycles. The molecule has 2 N–H and O–H groups in total. The van der Waals surface area contributed by atoms with E-state index in [4.69, 9.17) is 22.1 Å². The van der Waals surface area contributed by atoms with Gasteiger partial charge in [-0.1, -0.05) is 11.6 Å². The summed E-state index contributed by atoms with van der Waals surface area (Å²) in [4.78, 5) is 25.3. The highest BCUT2D eigenvalue weighted by Crippen LogP contribution is 2.16. The molecule has 0 aliphatic heterocycles. The number of halogens is 1. The second-order valence-electron chi connectivity index (χ2n) is 3.31. The van der Waals surface area contributed by atoms with E-state index < -0.39 is 12.2 Å². The number of aromatic nitrogens is 2. The summed E-state index contributed by atoms with van der Waals surface area (Å²) >= 11 is 5.74. The van der Waals surface area contributed by atoms with Gasteiger partial charge in [0, 0.05) is 0 Å². The average molecular weight is 246 g/mol. The molecule has 0 spiro atoms. The molecule has 1 unspecified atom stereocenters. The number of hydrogen-bond donors (Lipinski definition) is 1. The van der Waals surface area contributed by atoms with Crippen LogP contribution >= 0.6 is 11.6 Å². The van der Waals surface area contributed by atoms with Crippen LogP contribution in [0.1, 0.15) is 23.2 Å². The van der Waals surface area contributed by atoms with Crippen LogP contribution in [0.25, 0.3) is 0 Å². The highest BCUT2D eigenvalue weighted by atomic mass is 35.5. The topological polar surface area (TPSA) is 87.2 Å². The summed E-state index contributed by atoms with van der Waals surface area (Å²) < 4.78 is 6.32. The maximum atomic E-state index is 10.8. The first-order chi connectivity index (χ1) is 7.45. The van der Waals surface area contributed by atoms with Gasteiger partial charge in [0.05, 0.1) is 6.54 Å². The molecule has 0 fully saturated rings. The third kappa shape index (κ3) is 2.73. The van der Waals surface area contributed by atoms with Crippen molar-refractivity contribution in [2.45, 2.75) is 26.5 Å². The summed E-state index contributed by atoms with van der Waals surface area (Å²) in [7, 11) is 0. The second kappa shape index (κ2) is 4.98. The third-order valence-electron chi connectivity index (χ3n) is 2.02. The lowest BCUT2D eigenvalue weighted by atomic mass is 10.3. The molecule has 1 atom stereocenters. The van der Waals surface area contributed by atoms with Crippen molar-refractivity contribution in [2.75, 3.05) is 0 Å². The van der Waals surface area contributed by atoms with Gasteiger partial charge in [0.25, 0.3) is 0 Å². The first-order valence-electron chi connectivity index (χ1n) is 4.59. The van der Waals surface area contributed by atoms with Crippen LogP contribution < -0.4 is 5.73 Å². The van der Waals surface area contributed by atoms with Gasteiger partial charge in [-0.2, -0.15) is 0 Å². The number of nitrogens with zero attached hydrogens (tertiary/aromatic N) is 2. The minimum Gasteiger partial charge on any atom is -0.445 e. The molecule has 1 rings (SSSR count). The highest BCUT2D eigenvalue weighted by molar-refractivity contribution is 6.31. The van der Waals surface area contributed by atoms with Gasteiger partial charge in [-0.15, -0.1) is 0 Å². The van der Waals surface area contributed by atoms with E-state index in [9.17, 15) is 9.59 Å². The standard InChI is InChI=1S/C9H12ClN3O3/c1-5(16-9(11)15)3-13-6(2)12-8(10)7(13)4-14/h4-5H,3H2,1-2H3,(H2,11,15). The normalized spacial score (nSPS) is 12.2. The van der Waals surface area contributed by atoms with E-state index in [2.05, 4.69) is 4.98 Å². The fourth-order valence-electron chi connectivity index (χ4n) is 1.38. The minimum atomic E-state index is -0.857. The Balaban J connectivity index is 2.87. The molecule has 0 saturated carbocycles. The molecular formula is C9H12ClN3O3. The van der Waals surface area contributed by atoms with Crippen molar-refractivity contribution in [3.05, 3.63) is 16.7 Å². The number of rotatable bonds is 4. The Kier molecular flexibility index (Phi) is 3.89. The molecule has 6 nitrogen and oxygen atoms in total. The Morgan fingerprint density at radius 1 is 1.75 bits per heavy atom. The summed E-state index contributed by atoms with van der Waals surface area (Å²) in [5.74, 6) is 0.576. The molecule has 7 heteroatoms. The molecule has 0 aromatic carbocycles. The Morgan fingerprint density at radius 2 is 2.38 bits per heavy atom. The van der Waals surface area contributed by atoms with E-state index >= 15 is 0 Å². The molecular weight excluding hydrogens is 234 g/mol. The lowest BCUT2D eigenvalue weighted by Gasteiger charge is -2.14. The number of amides is 1. The van der Waals surface area contributed by atoms with Crippen LogP contribution in [0.5, 0.6) is 0 Å². The Bertz CT molecular complexity index is 416. The molecule has 1 aromatic rings. The lowest BCUT2D eigenvalue weighted by Crippen LogP contribution is -2.25. The maximum Gasteiger partial charge on any atom is 0.404 e. The molecule has 0 saturated heterocycles. The van der Waals surface area contributed by atoms with Crippen LogP contribution in [0, 0.1) is 6.92 Å². The van der Waals surface area contributed by atoms with Gasteiger partial charge in [-0.05, 0) is 13.8 Å². The summed E-state index contributed by atoms with van der Waals surface area (Å²) in [6.07, 6.45) is -0.705. The summed E-state index contributed by atoms with van der Waals surface area (Å²) in [5, 5.41) is 0.138. The SMILES string of the molecule is Cc1nc(Cl)c(C=O)n1CC(C)OC(N)=O. The van der Waals surface area contributed by atoms with Crippen LogP contribution in [0.15, 0.2) is 0 Å². The van der Waals surface area contributed by atoms with Crippen molar-refractivity contribution in [1.29, 1.82) is 0 Å². The number of aldehydes is 1. The molecule has 16 heavy (non-hydrogen) atoms. The van der Waals surface area contributed by atoms with E-state index in [-0.39, 0.29) is 17.4 Å². The van der Waals surface area contributed by atoms with Gasteiger partial charge < -0.3 is 15.0 Å². The zero-order chi connectivity index (χ0) is 12.3. The predicted molar refractivity (Wildman–Crippen MR) is 57.5 cm³/mol. The number of carbonyl (C=O) groups excluding carboxylic acids is 2. The zero-order valence-corrected chi connectivity index (χ0v) is 9.69. The Hall–Kier alpha value is -1.56. The first kappa shape index (κ1) is 12.5. The molecule has 1 amide bonds. The van der Waals surface area contributed by atoms with E-state index in [1.54, 1.807) is 18.4 Å². The number of hydrogen-bond acceptors (Lipinski definition) is 4. The zero-order valence-electron chi connectivity index (χ0n) is 8.94. The van der Waals surface area contributed by atoms with Crippen molar-refractivity contribution < 1.29 is 14.3 Å². The predicted octanol–water partition coefficient (Wildman–Crippen LogP) is 1.14. The molecule has 0 radical (unpaired) electrons. The number of primary amides is 1. The van der Waals surface area contributed by atoms with Crippen molar-refractivity contribution in [1.82, 2.24) is 9.55 Å². The monoisotopic (exact) mass is 245 g/mol. The summed E-state index contributed by atoms with van der Waals surface area (Å²) in [5.41, 5.74) is 5.14. The van der Waals surface area contributed by atoms with E-state index in [1.165, 1.54) is 0 Å². The van der Waals surface area contributed by atoms with Gasteiger partial charge >= 0.3 is 6.09 Å². The lowest BCUT2D eigenvalue weighted by molar-refractivity contribution is 0.104. The van der Waals surface area contributed by atoms with Crippen LogP contribution in [-0.2, 0) is 11.3 Å². The second-order valence-corrected chi connectivity index (χ2v) is 3.67. The third-order valence-corrected chi connectivity index (χ3v) is 2.30. The molecule has 1 aromatic heterocycles. The van der Waals surface area contributed by atoms with Gasteiger partial charge in [0.2, 0.25) is 0 Å². The number of aryl methyl sites for hydroxylation is 1. The van der Waals surface area contributed by atoms with Crippen LogP contribution in [-0.4, -0.2) is 28.0 Å². The largest absolute Gasteiger partial charge is 0.445 e. The number of imidazole rings is 1. The van der Waals surface area contributed by atoms with Crippen molar-refractivity contribution in [2.24, 2.45) is 5.73 Å². The maximum absolute atomic E-state index is 10.8. The van der Waals surface area contributed by atoms with Crippen molar-refractivity contribution >= 4 is 24.0 Å². The quantitative estimate of drug-likeness (QED) is 0.806. The number of carbonyl (C=O) groups is 2.